The summed E-state index contributed by atoms with van der Waals surface area (Å²) in [6.07, 6.45) is 5.72. The second kappa shape index (κ2) is 5.70. The molecule has 0 amide bonds. The van der Waals surface area contributed by atoms with Gasteiger partial charge in [-0.25, -0.2) is 4.98 Å². The smallest absolute Gasteiger partial charge is 0.0946 e. The average molecular weight is 275 g/mol. The third kappa shape index (κ3) is 4.03. The Kier molecular flexibility index (Phi) is 4.20. The molecule has 19 heavy (non-hydrogen) atoms. The number of hydrogen-bond acceptors (Lipinski definition) is 3. The number of aromatic nitrogens is 2. The van der Waals surface area contributed by atoms with Crippen molar-refractivity contribution in [3.8, 4) is 0 Å². The zero-order chi connectivity index (χ0) is 13.9. The number of anilines is 1. The van der Waals surface area contributed by atoms with Gasteiger partial charge in [-0.05, 0) is 29.7 Å². The van der Waals surface area contributed by atoms with Crippen molar-refractivity contribution in [2.24, 2.45) is 5.41 Å². The van der Waals surface area contributed by atoms with Crippen molar-refractivity contribution < 1.29 is 0 Å². The molecule has 1 atom stereocenters. The van der Waals surface area contributed by atoms with E-state index in [1.165, 1.54) is 4.90 Å². The highest BCUT2D eigenvalue weighted by Gasteiger charge is 2.26. The molecule has 102 valence electrons. The third-order valence-electron chi connectivity index (χ3n) is 3.06. The molecule has 2 aromatic rings. The monoisotopic (exact) mass is 275 g/mol. The predicted molar refractivity (Wildman–Crippen MR) is 82.2 cm³/mol. The molecule has 1 aromatic heterocycles. The lowest BCUT2D eigenvalue weighted by atomic mass is 9.91. The Morgan fingerprint density at radius 1 is 1.26 bits per heavy atom. The van der Waals surface area contributed by atoms with Gasteiger partial charge in [0.2, 0.25) is 0 Å². The summed E-state index contributed by atoms with van der Waals surface area (Å²) >= 11 is 1.90. The summed E-state index contributed by atoms with van der Waals surface area (Å²) in [7, 11) is 0. The zero-order valence-electron chi connectivity index (χ0n) is 11.7. The highest BCUT2D eigenvalue weighted by Crippen LogP contribution is 2.36. The van der Waals surface area contributed by atoms with Crippen LogP contribution in [-0.4, -0.2) is 14.8 Å². The first-order valence-electron chi connectivity index (χ1n) is 6.43. The van der Waals surface area contributed by atoms with E-state index in [1.807, 2.05) is 42.6 Å². The normalized spacial score (nSPS) is 13.4. The maximum absolute atomic E-state index is 5.73. The van der Waals surface area contributed by atoms with Crippen LogP contribution in [0.2, 0.25) is 0 Å². The molecule has 0 bridgehead atoms. The molecule has 0 aliphatic carbocycles. The summed E-state index contributed by atoms with van der Waals surface area (Å²) in [5, 5.41) is 0.477. The van der Waals surface area contributed by atoms with Crippen molar-refractivity contribution in [2.45, 2.75) is 37.5 Å². The topological polar surface area (TPSA) is 43.8 Å². The lowest BCUT2D eigenvalue weighted by Gasteiger charge is -2.30. The van der Waals surface area contributed by atoms with E-state index < -0.39 is 0 Å². The lowest BCUT2D eigenvalue weighted by Crippen LogP contribution is -2.27. The molecule has 4 heteroatoms. The van der Waals surface area contributed by atoms with Crippen LogP contribution in [0.15, 0.2) is 47.9 Å². The molecule has 0 fully saturated rings. The third-order valence-corrected chi connectivity index (χ3v) is 4.75. The Bertz CT molecular complexity index is 497. The van der Waals surface area contributed by atoms with Gasteiger partial charge in [0.15, 0.2) is 0 Å². The number of imidazole rings is 1. The maximum Gasteiger partial charge on any atom is 0.0946 e. The summed E-state index contributed by atoms with van der Waals surface area (Å²) in [5.41, 5.74) is 6.76. The van der Waals surface area contributed by atoms with Gasteiger partial charge in [-0.1, -0.05) is 20.8 Å². The SMILES string of the molecule is CC(C)(C)C(Cn1ccnc1)Sc1ccc(N)cc1. The van der Waals surface area contributed by atoms with Gasteiger partial charge in [0.1, 0.15) is 0 Å². The van der Waals surface area contributed by atoms with Crippen LogP contribution >= 0.6 is 11.8 Å². The second-order valence-electron chi connectivity index (χ2n) is 5.80. The van der Waals surface area contributed by atoms with Crippen LogP contribution in [0.3, 0.4) is 0 Å². The molecule has 1 unspecified atom stereocenters. The van der Waals surface area contributed by atoms with E-state index >= 15 is 0 Å². The first-order chi connectivity index (χ1) is 8.95. The summed E-state index contributed by atoms with van der Waals surface area (Å²) in [6, 6.07) is 8.10. The second-order valence-corrected chi connectivity index (χ2v) is 7.08. The minimum atomic E-state index is 0.219. The van der Waals surface area contributed by atoms with Gasteiger partial charge >= 0.3 is 0 Å². The van der Waals surface area contributed by atoms with Gasteiger partial charge in [0.25, 0.3) is 0 Å². The van der Waals surface area contributed by atoms with Crippen molar-refractivity contribution >= 4 is 17.4 Å². The number of benzene rings is 1. The fourth-order valence-electron chi connectivity index (χ4n) is 1.78. The van der Waals surface area contributed by atoms with Gasteiger partial charge in [-0.2, -0.15) is 0 Å². The molecule has 1 aromatic carbocycles. The Morgan fingerprint density at radius 2 is 1.95 bits per heavy atom. The largest absolute Gasteiger partial charge is 0.399 e. The molecule has 0 aliphatic heterocycles. The van der Waals surface area contributed by atoms with Crippen molar-refractivity contribution in [1.82, 2.24) is 9.55 Å². The Labute approximate surface area is 119 Å². The number of rotatable bonds is 4. The van der Waals surface area contributed by atoms with Gasteiger partial charge < -0.3 is 10.3 Å². The van der Waals surface area contributed by atoms with Gasteiger partial charge in [-0.15, -0.1) is 11.8 Å². The predicted octanol–water partition coefficient (Wildman–Crippen LogP) is 3.67. The maximum atomic E-state index is 5.73. The van der Waals surface area contributed by atoms with Crippen molar-refractivity contribution in [1.29, 1.82) is 0 Å². The van der Waals surface area contributed by atoms with E-state index in [0.717, 1.165) is 12.2 Å². The van der Waals surface area contributed by atoms with E-state index in [-0.39, 0.29) is 5.41 Å². The van der Waals surface area contributed by atoms with Crippen LogP contribution in [0.4, 0.5) is 5.69 Å². The Balaban J connectivity index is 2.12. The minimum absolute atomic E-state index is 0.219. The summed E-state index contributed by atoms with van der Waals surface area (Å²) in [4.78, 5) is 5.37. The van der Waals surface area contributed by atoms with Crippen LogP contribution < -0.4 is 5.73 Å². The number of nitrogens with zero attached hydrogens (tertiary/aromatic N) is 2. The molecule has 0 aliphatic rings. The molecular weight excluding hydrogens is 254 g/mol. The quantitative estimate of drug-likeness (QED) is 0.684. The van der Waals surface area contributed by atoms with Crippen LogP contribution in [0.5, 0.6) is 0 Å². The van der Waals surface area contributed by atoms with Crippen molar-refractivity contribution in [3.05, 3.63) is 43.0 Å². The lowest BCUT2D eigenvalue weighted by molar-refractivity contribution is 0.365. The number of nitrogen functional groups attached to an aromatic ring is 1. The van der Waals surface area contributed by atoms with Crippen LogP contribution in [0, 0.1) is 5.41 Å². The van der Waals surface area contributed by atoms with E-state index in [4.69, 9.17) is 5.73 Å². The number of hydrogen-bond donors (Lipinski definition) is 1. The summed E-state index contributed by atoms with van der Waals surface area (Å²) < 4.78 is 2.14. The molecule has 0 saturated heterocycles. The molecule has 0 spiro atoms. The van der Waals surface area contributed by atoms with Crippen molar-refractivity contribution in [2.75, 3.05) is 5.73 Å². The minimum Gasteiger partial charge on any atom is -0.399 e. The highest BCUT2D eigenvalue weighted by atomic mass is 32.2. The number of nitrogens with two attached hydrogens (primary N) is 1. The summed E-state index contributed by atoms with van der Waals surface area (Å²) in [6.45, 7) is 7.79. The van der Waals surface area contributed by atoms with Crippen LogP contribution in [-0.2, 0) is 6.54 Å². The van der Waals surface area contributed by atoms with E-state index in [1.54, 1.807) is 0 Å². The van der Waals surface area contributed by atoms with E-state index in [0.29, 0.717) is 5.25 Å². The molecule has 1 heterocycles. The van der Waals surface area contributed by atoms with Gasteiger partial charge in [0, 0.05) is 34.8 Å². The van der Waals surface area contributed by atoms with Crippen LogP contribution in [0.1, 0.15) is 20.8 Å². The van der Waals surface area contributed by atoms with E-state index in [2.05, 4.69) is 42.5 Å². The van der Waals surface area contributed by atoms with Crippen LogP contribution in [0.25, 0.3) is 0 Å². The summed E-state index contributed by atoms with van der Waals surface area (Å²) in [5.74, 6) is 0. The van der Waals surface area contributed by atoms with E-state index in [9.17, 15) is 0 Å². The fourth-order valence-corrected chi connectivity index (χ4v) is 3.01. The highest BCUT2D eigenvalue weighted by molar-refractivity contribution is 8.00. The molecule has 0 radical (unpaired) electrons. The molecule has 2 N–H and O–H groups in total. The molecular formula is C15H21N3S. The first-order valence-corrected chi connectivity index (χ1v) is 7.31. The van der Waals surface area contributed by atoms with Gasteiger partial charge in [0.05, 0.1) is 6.33 Å². The first kappa shape index (κ1) is 14.0. The zero-order valence-corrected chi connectivity index (χ0v) is 12.5. The Hall–Kier alpha value is -1.42. The molecule has 2 rings (SSSR count). The molecule has 3 nitrogen and oxygen atoms in total. The van der Waals surface area contributed by atoms with Crippen molar-refractivity contribution in [3.63, 3.8) is 0 Å². The van der Waals surface area contributed by atoms with Gasteiger partial charge in [-0.3, -0.25) is 0 Å². The fraction of sp³-hybridized carbons (Fsp3) is 0.400. The number of thioether (sulfide) groups is 1. The molecule has 0 saturated carbocycles. The standard InChI is InChI=1S/C15H21N3S/c1-15(2,3)14(10-18-9-8-17-11-18)19-13-6-4-12(16)5-7-13/h4-9,11,14H,10,16H2,1-3H3. The average Bonchev–Trinajstić information content (AvgIpc) is 2.83. The Morgan fingerprint density at radius 3 is 2.47 bits per heavy atom.